The molecule has 0 aromatic heterocycles. The Morgan fingerprint density at radius 2 is 0.871 bits per heavy atom. The Balaban J connectivity index is 1.84. The number of rotatable bonds is 40. The second-order valence-corrected chi connectivity index (χ2v) is 18.3. The van der Waals surface area contributed by atoms with Crippen molar-refractivity contribution in [1.82, 2.24) is 0 Å². The molecule has 0 aliphatic carbocycles. The van der Waals surface area contributed by atoms with Gasteiger partial charge in [0, 0.05) is 12.8 Å². The van der Waals surface area contributed by atoms with Crippen molar-refractivity contribution >= 4 is 11.9 Å². The molecule has 2 saturated heterocycles. The van der Waals surface area contributed by atoms with Gasteiger partial charge in [-0.25, -0.2) is 0 Å². The van der Waals surface area contributed by atoms with E-state index in [2.05, 4.69) is 80.7 Å². The number of aliphatic hydroxyl groups excluding tert-OH is 7. The second kappa shape index (κ2) is 41.4. The van der Waals surface area contributed by atoms with Crippen LogP contribution in [0.15, 0.2) is 72.9 Å². The van der Waals surface area contributed by atoms with Gasteiger partial charge in [0.15, 0.2) is 18.7 Å². The molecule has 2 aliphatic rings. The van der Waals surface area contributed by atoms with Crippen LogP contribution in [0.2, 0.25) is 0 Å². The van der Waals surface area contributed by atoms with Crippen LogP contribution in [0, 0.1) is 0 Å². The molecule has 4 unspecified atom stereocenters. The van der Waals surface area contributed by atoms with Gasteiger partial charge < -0.3 is 64.2 Å². The summed E-state index contributed by atoms with van der Waals surface area (Å²) in [6.07, 6.45) is 32.2. The molecule has 0 amide bonds. The van der Waals surface area contributed by atoms with Crippen molar-refractivity contribution in [2.24, 2.45) is 0 Å². The predicted octanol–water partition coefficient (Wildman–Crippen LogP) is 7.82. The lowest BCUT2D eigenvalue weighted by Crippen LogP contribution is -2.61. The van der Waals surface area contributed by atoms with Gasteiger partial charge in [-0.2, -0.15) is 0 Å². The van der Waals surface area contributed by atoms with Gasteiger partial charge in [-0.1, -0.05) is 145 Å². The molecule has 0 aromatic carbocycles. The van der Waals surface area contributed by atoms with Crippen molar-refractivity contribution in [3.63, 3.8) is 0 Å². The first-order chi connectivity index (χ1) is 34.0. The van der Waals surface area contributed by atoms with Crippen molar-refractivity contribution < 1.29 is 73.8 Å². The number of allylic oxidation sites excluding steroid dienone is 12. The normalized spacial score (nSPS) is 26.0. The van der Waals surface area contributed by atoms with E-state index < -0.39 is 99.3 Å². The van der Waals surface area contributed by atoms with Crippen LogP contribution in [0.1, 0.15) is 168 Å². The van der Waals surface area contributed by atoms with Gasteiger partial charge in [-0.3, -0.25) is 9.59 Å². The van der Waals surface area contributed by atoms with E-state index in [-0.39, 0.29) is 19.4 Å². The summed E-state index contributed by atoms with van der Waals surface area (Å²) in [5.74, 6) is -1.02. The van der Waals surface area contributed by atoms with Gasteiger partial charge in [0.1, 0.15) is 55.4 Å². The van der Waals surface area contributed by atoms with Crippen LogP contribution in [-0.4, -0.2) is 142 Å². The molecule has 0 saturated carbocycles. The van der Waals surface area contributed by atoms with Crippen molar-refractivity contribution in [3.05, 3.63) is 72.9 Å². The molecule has 15 nitrogen and oxygen atoms in total. The van der Waals surface area contributed by atoms with E-state index in [4.69, 9.17) is 28.4 Å². The smallest absolute Gasteiger partial charge is 0.306 e. The average Bonchev–Trinajstić information content (AvgIpc) is 3.35. The Hall–Kier alpha value is -3.06. The second-order valence-electron chi connectivity index (χ2n) is 18.3. The highest BCUT2D eigenvalue weighted by atomic mass is 16.7. The van der Waals surface area contributed by atoms with Crippen molar-refractivity contribution in [2.75, 3.05) is 26.4 Å². The highest BCUT2D eigenvalue weighted by Crippen LogP contribution is 2.26. The zero-order valence-corrected chi connectivity index (χ0v) is 42.5. The standard InChI is InChI=1S/C55H92O15/c1-3-5-7-9-11-13-15-17-19-21-23-25-27-29-31-33-35-37-46(57)65-40-43(68-47(58)38-36-34-32-30-28-26-24-22-20-18-16-14-12-10-8-6-4-2)41-66-54-53(64)51(62)49(60)45(70-54)42-67-55-52(63)50(61)48(59)44(39-56)69-55/h12,14,17-20,23-26,29,31,43-45,48-56,59-64H,3-11,13,15-16,21-22,27-28,30,32-42H2,1-2H3/b14-12+,19-17+,20-18+,25-23+,26-24+,31-29+/t43-,44+,45+,48-,49-,50?,51?,52?,53?,54+,55+/m0/s1. The van der Waals surface area contributed by atoms with Crippen LogP contribution in [0.3, 0.4) is 0 Å². The number of aliphatic hydroxyl groups is 7. The summed E-state index contributed by atoms with van der Waals surface area (Å²) < 4.78 is 33.5. The molecule has 0 spiro atoms. The molecular weight excluding hydrogens is 901 g/mol. The topological polar surface area (TPSA) is 231 Å². The fourth-order valence-electron chi connectivity index (χ4n) is 7.77. The first-order valence-electron chi connectivity index (χ1n) is 26.5. The summed E-state index contributed by atoms with van der Waals surface area (Å²) in [5.41, 5.74) is 0. The number of esters is 2. The van der Waals surface area contributed by atoms with Crippen LogP contribution in [-0.2, 0) is 38.0 Å². The minimum absolute atomic E-state index is 0.125. The summed E-state index contributed by atoms with van der Waals surface area (Å²) in [5, 5.41) is 72.1. The van der Waals surface area contributed by atoms with Gasteiger partial charge in [-0.15, -0.1) is 0 Å². The number of unbranched alkanes of at least 4 members (excludes halogenated alkanes) is 14. The maximum atomic E-state index is 13.0. The van der Waals surface area contributed by atoms with E-state index in [1.807, 2.05) is 6.08 Å². The Morgan fingerprint density at radius 1 is 0.457 bits per heavy atom. The minimum Gasteiger partial charge on any atom is -0.462 e. The van der Waals surface area contributed by atoms with E-state index in [0.29, 0.717) is 19.3 Å². The van der Waals surface area contributed by atoms with E-state index in [1.165, 1.54) is 57.8 Å². The predicted molar refractivity (Wildman–Crippen MR) is 270 cm³/mol. The molecule has 0 bridgehead atoms. The third-order valence-corrected chi connectivity index (χ3v) is 12.2. The Labute approximate surface area is 419 Å². The summed E-state index contributed by atoms with van der Waals surface area (Å²) in [4.78, 5) is 25.8. The van der Waals surface area contributed by atoms with Crippen molar-refractivity contribution in [3.8, 4) is 0 Å². The molecule has 402 valence electrons. The quantitative estimate of drug-likeness (QED) is 0.0176. The fourth-order valence-corrected chi connectivity index (χ4v) is 7.77. The molecule has 70 heavy (non-hydrogen) atoms. The Kier molecular flexibility index (Phi) is 37.3. The van der Waals surface area contributed by atoms with Crippen LogP contribution in [0.5, 0.6) is 0 Å². The van der Waals surface area contributed by atoms with Gasteiger partial charge in [0.05, 0.1) is 19.8 Å². The molecule has 15 heteroatoms. The fraction of sp³-hybridized carbons (Fsp3) is 0.745. The highest BCUT2D eigenvalue weighted by molar-refractivity contribution is 5.70. The van der Waals surface area contributed by atoms with Crippen LogP contribution in [0.25, 0.3) is 0 Å². The van der Waals surface area contributed by atoms with Gasteiger partial charge in [-0.05, 0) is 83.5 Å². The minimum atomic E-state index is -1.78. The molecule has 2 rings (SSSR count). The summed E-state index contributed by atoms with van der Waals surface area (Å²) in [6, 6.07) is 0. The number of ether oxygens (including phenoxy) is 6. The average molecular weight is 993 g/mol. The number of carbonyl (C=O) groups excluding carboxylic acids is 2. The first-order valence-corrected chi connectivity index (χ1v) is 26.5. The molecule has 2 heterocycles. The van der Waals surface area contributed by atoms with E-state index in [0.717, 1.165) is 64.2 Å². The van der Waals surface area contributed by atoms with Gasteiger partial charge in [0.25, 0.3) is 0 Å². The first kappa shape index (κ1) is 63.1. The third kappa shape index (κ3) is 28.8. The van der Waals surface area contributed by atoms with Crippen LogP contribution in [0.4, 0.5) is 0 Å². The Morgan fingerprint density at radius 3 is 1.41 bits per heavy atom. The SMILES string of the molecule is CCCCC/C=C/C/C=C/C/C=C/CCCCCCC(=O)O[C@@H](COC(=O)CCC/C=C/C/C=C/C/C=C/CCCCCCCC)CO[C@@H]1O[C@H](CO[C@@H]2O[C@H](CO)[C@H](O)C(O)C2O)[C@H](O)C(O)C1O. The van der Waals surface area contributed by atoms with Crippen LogP contribution >= 0.6 is 0 Å². The van der Waals surface area contributed by atoms with Crippen molar-refractivity contribution in [2.45, 2.75) is 235 Å². The maximum absolute atomic E-state index is 13.0. The molecule has 11 atom stereocenters. The largest absolute Gasteiger partial charge is 0.462 e. The summed E-state index contributed by atoms with van der Waals surface area (Å²) in [7, 11) is 0. The molecular formula is C55H92O15. The molecule has 2 aliphatic heterocycles. The van der Waals surface area contributed by atoms with E-state index >= 15 is 0 Å². The molecule has 2 fully saturated rings. The zero-order chi connectivity index (χ0) is 51.0. The Bertz CT molecular complexity index is 1490. The monoisotopic (exact) mass is 993 g/mol. The number of hydrogen-bond donors (Lipinski definition) is 7. The molecule has 7 N–H and O–H groups in total. The number of carbonyl (C=O) groups is 2. The van der Waals surface area contributed by atoms with Gasteiger partial charge >= 0.3 is 11.9 Å². The number of hydrogen-bond acceptors (Lipinski definition) is 15. The summed E-state index contributed by atoms with van der Waals surface area (Å²) in [6.45, 7) is 2.47. The highest BCUT2D eigenvalue weighted by Gasteiger charge is 2.47. The van der Waals surface area contributed by atoms with E-state index in [1.54, 1.807) is 0 Å². The van der Waals surface area contributed by atoms with Crippen LogP contribution < -0.4 is 0 Å². The lowest BCUT2D eigenvalue weighted by atomic mass is 9.98. The zero-order valence-electron chi connectivity index (χ0n) is 42.5. The van der Waals surface area contributed by atoms with E-state index in [9.17, 15) is 45.3 Å². The lowest BCUT2D eigenvalue weighted by molar-refractivity contribution is -0.332. The summed E-state index contributed by atoms with van der Waals surface area (Å²) >= 11 is 0. The molecule has 0 aromatic rings. The third-order valence-electron chi connectivity index (χ3n) is 12.2. The van der Waals surface area contributed by atoms with Gasteiger partial charge in [0.2, 0.25) is 0 Å². The van der Waals surface area contributed by atoms with Crippen molar-refractivity contribution in [1.29, 1.82) is 0 Å². The maximum Gasteiger partial charge on any atom is 0.306 e. The molecule has 0 radical (unpaired) electrons. The lowest BCUT2D eigenvalue weighted by Gasteiger charge is -2.42.